The van der Waals surface area contributed by atoms with Gasteiger partial charge in [0.05, 0.1) is 22.7 Å². The van der Waals surface area contributed by atoms with E-state index in [1.165, 1.54) is 11.9 Å². The van der Waals surface area contributed by atoms with E-state index in [1.54, 1.807) is 13.8 Å². The van der Waals surface area contributed by atoms with Gasteiger partial charge in [0.1, 0.15) is 0 Å². The number of carbonyl (C=O) groups excluding carboxylic acids is 2. The number of ether oxygens (including phenoxy) is 1. The Morgan fingerprint density at radius 1 is 1.11 bits per heavy atom. The van der Waals surface area contributed by atoms with Gasteiger partial charge in [-0.2, -0.15) is 0 Å². The normalized spacial score (nSPS) is 13.6. The van der Waals surface area contributed by atoms with Gasteiger partial charge in [-0.1, -0.05) is 42.5 Å². The summed E-state index contributed by atoms with van der Waals surface area (Å²) in [7, 11) is 0. The molecule has 2 aromatic rings. The molecule has 0 aliphatic carbocycles. The summed E-state index contributed by atoms with van der Waals surface area (Å²) >= 11 is 1.34. The van der Waals surface area contributed by atoms with E-state index in [9.17, 15) is 9.59 Å². The zero-order chi connectivity index (χ0) is 19.9. The van der Waals surface area contributed by atoms with Gasteiger partial charge in [-0.3, -0.25) is 4.79 Å². The minimum Gasteiger partial charge on any atom is -0.447 e. The van der Waals surface area contributed by atoms with Gasteiger partial charge in [0, 0.05) is 6.54 Å². The van der Waals surface area contributed by atoms with Crippen LogP contribution in [0.15, 0.2) is 64.5 Å². The van der Waals surface area contributed by atoms with Crippen LogP contribution in [-0.4, -0.2) is 30.5 Å². The molecule has 7 nitrogen and oxygen atoms in total. The number of nitrogens with zero attached hydrogens (tertiary/aromatic N) is 1. The smallest absolute Gasteiger partial charge is 0.407 e. The fourth-order valence-corrected chi connectivity index (χ4v) is 3.30. The van der Waals surface area contributed by atoms with Crippen molar-refractivity contribution in [3.63, 3.8) is 0 Å². The van der Waals surface area contributed by atoms with E-state index in [2.05, 4.69) is 20.3 Å². The first-order valence-electron chi connectivity index (χ1n) is 8.94. The van der Waals surface area contributed by atoms with Gasteiger partial charge in [0.15, 0.2) is 0 Å². The van der Waals surface area contributed by atoms with Crippen molar-refractivity contribution in [1.29, 1.82) is 0 Å². The molecule has 0 saturated carbocycles. The van der Waals surface area contributed by atoms with Gasteiger partial charge < -0.3 is 20.1 Å². The molecule has 0 aromatic heterocycles. The van der Waals surface area contributed by atoms with Crippen molar-refractivity contribution in [3.05, 3.63) is 60.2 Å². The average Bonchev–Trinajstić information content (AvgIpc) is 2.70. The SMILES string of the molecule is CC(C)OC(=O)NC(CNC(=O)C1=Nc2ccccc2SN1)c1ccccc1. The Morgan fingerprint density at radius 3 is 2.57 bits per heavy atom. The summed E-state index contributed by atoms with van der Waals surface area (Å²) in [5.74, 6) is -0.123. The summed E-state index contributed by atoms with van der Waals surface area (Å²) in [6, 6.07) is 16.6. The number of fused-ring (bicyclic) bond motifs is 1. The molecule has 8 heteroatoms. The number of alkyl carbamates (subject to hydrolysis) is 1. The molecule has 2 amide bonds. The molecule has 2 aromatic carbocycles. The highest BCUT2D eigenvalue weighted by molar-refractivity contribution is 7.98. The standard InChI is InChI=1S/C20H22N4O3S/c1-13(2)27-20(26)23-16(14-8-4-3-5-9-14)12-21-19(25)18-22-15-10-6-7-11-17(15)28-24-18/h3-11,13,16H,12H2,1-2H3,(H,21,25)(H,22,24)(H,23,26). The lowest BCUT2D eigenvalue weighted by atomic mass is 10.1. The van der Waals surface area contributed by atoms with Gasteiger partial charge in [0.2, 0.25) is 5.84 Å². The fraction of sp³-hybridized carbons (Fsp3) is 0.250. The van der Waals surface area contributed by atoms with Crippen molar-refractivity contribution in [3.8, 4) is 0 Å². The summed E-state index contributed by atoms with van der Waals surface area (Å²) < 4.78 is 8.11. The first-order valence-corrected chi connectivity index (χ1v) is 9.75. The van der Waals surface area contributed by atoms with Gasteiger partial charge in [-0.05, 0) is 43.5 Å². The van der Waals surface area contributed by atoms with Crippen LogP contribution in [0.4, 0.5) is 10.5 Å². The lowest BCUT2D eigenvalue weighted by molar-refractivity contribution is -0.115. The second-order valence-electron chi connectivity index (χ2n) is 6.40. The molecule has 1 heterocycles. The van der Waals surface area contributed by atoms with Crippen LogP contribution in [0.1, 0.15) is 25.5 Å². The summed E-state index contributed by atoms with van der Waals surface area (Å²) in [5.41, 5.74) is 1.61. The molecule has 3 N–H and O–H groups in total. The van der Waals surface area contributed by atoms with E-state index >= 15 is 0 Å². The third-order valence-electron chi connectivity index (χ3n) is 3.87. The molecule has 0 bridgehead atoms. The zero-order valence-corrected chi connectivity index (χ0v) is 16.5. The Bertz CT molecular complexity index is 871. The van der Waals surface area contributed by atoms with Crippen molar-refractivity contribution in [2.45, 2.75) is 30.9 Å². The summed E-state index contributed by atoms with van der Waals surface area (Å²) in [4.78, 5) is 29.9. The second-order valence-corrected chi connectivity index (χ2v) is 7.25. The Kier molecular flexibility index (Phi) is 6.54. The maximum atomic E-state index is 12.5. The first kappa shape index (κ1) is 19.8. The lowest BCUT2D eigenvalue weighted by Crippen LogP contribution is -2.43. The fourth-order valence-electron chi connectivity index (χ4n) is 2.59. The molecule has 0 radical (unpaired) electrons. The molecule has 1 aliphatic rings. The number of benzene rings is 2. The first-order chi connectivity index (χ1) is 13.5. The van der Waals surface area contributed by atoms with Crippen LogP contribution in [0, 0.1) is 0 Å². The average molecular weight is 398 g/mol. The number of nitrogens with one attached hydrogen (secondary N) is 3. The Labute approximate surface area is 168 Å². The molecule has 0 fully saturated rings. The largest absolute Gasteiger partial charge is 0.447 e. The van der Waals surface area contributed by atoms with Gasteiger partial charge in [0.25, 0.3) is 5.91 Å². The highest BCUT2D eigenvalue weighted by atomic mass is 32.2. The molecule has 1 atom stereocenters. The summed E-state index contributed by atoms with van der Waals surface area (Å²) in [6.07, 6.45) is -0.764. The van der Waals surface area contributed by atoms with E-state index in [0.29, 0.717) is 0 Å². The van der Waals surface area contributed by atoms with E-state index < -0.39 is 12.1 Å². The number of amidine groups is 1. The topological polar surface area (TPSA) is 91.8 Å². The zero-order valence-electron chi connectivity index (χ0n) is 15.6. The van der Waals surface area contributed by atoms with Crippen LogP contribution in [0.3, 0.4) is 0 Å². The number of carbonyl (C=O) groups is 2. The predicted octanol–water partition coefficient (Wildman–Crippen LogP) is 3.32. The third-order valence-corrected chi connectivity index (χ3v) is 4.73. The molecule has 0 saturated heterocycles. The molecule has 1 aliphatic heterocycles. The molecule has 146 valence electrons. The van der Waals surface area contributed by atoms with Crippen LogP contribution in [-0.2, 0) is 9.53 Å². The number of aliphatic imine (C=N–C) groups is 1. The van der Waals surface area contributed by atoms with Crippen molar-refractivity contribution >= 4 is 35.5 Å². The molecule has 1 unspecified atom stereocenters. The van der Waals surface area contributed by atoms with Gasteiger partial charge in [-0.25, -0.2) is 9.79 Å². The maximum absolute atomic E-state index is 12.5. The van der Waals surface area contributed by atoms with E-state index in [4.69, 9.17) is 4.74 Å². The Morgan fingerprint density at radius 2 is 1.82 bits per heavy atom. The maximum Gasteiger partial charge on any atom is 0.407 e. The molecule has 0 spiro atoms. The van der Waals surface area contributed by atoms with Crippen molar-refractivity contribution < 1.29 is 14.3 Å². The highest BCUT2D eigenvalue weighted by Crippen LogP contribution is 2.30. The van der Waals surface area contributed by atoms with Crippen LogP contribution in [0.5, 0.6) is 0 Å². The number of rotatable bonds is 6. The van der Waals surface area contributed by atoms with Crippen LogP contribution >= 0.6 is 11.9 Å². The molecule has 28 heavy (non-hydrogen) atoms. The summed E-state index contributed by atoms with van der Waals surface area (Å²) in [6.45, 7) is 3.76. The summed E-state index contributed by atoms with van der Waals surface area (Å²) in [5, 5.41) is 5.62. The monoisotopic (exact) mass is 398 g/mol. The Hall–Kier alpha value is -3.00. The minimum atomic E-state index is -0.532. The third kappa shape index (κ3) is 5.26. The number of hydrogen-bond acceptors (Lipinski definition) is 6. The lowest BCUT2D eigenvalue weighted by Gasteiger charge is -2.21. The van der Waals surface area contributed by atoms with Crippen molar-refractivity contribution in [2.75, 3.05) is 6.54 Å². The van der Waals surface area contributed by atoms with E-state index in [1.807, 2.05) is 54.6 Å². The number of para-hydroxylation sites is 1. The molecular formula is C20H22N4O3S. The number of amides is 2. The number of hydrogen-bond donors (Lipinski definition) is 3. The van der Waals surface area contributed by atoms with Crippen LogP contribution in [0.2, 0.25) is 0 Å². The van der Waals surface area contributed by atoms with Gasteiger partial charge >= 0.3 is 6.09 Å². The van der Waals surface area contributed by atoms with E-state index in [0.717, 1.165) is 16.1 Å². The quantitative estimate of drug-likeness (QED) is 0.649. The van der Waals surface area contributed by atoms with Crippen LogP contribution < -0.4 is 15.4 Å². The molecule has 3 rings (SSSR count). The van der Waals surface area contributed by atoms with Crippen molar-refractivity contribution in [2.24, 2.45) is 4.99 Å². The predicted molar refractivity (Wildman–Crippen MR) is 109 cm³/mol. The Balaban J connectivity index is 1.67. The van der Waals surface area contributed by atoms with Crippen molar-refractivity contribution in [1.82, 2.24) is 15.4 Å². The van der Waals surface area contributed by atoms with Crippen LogP contribution in [0.25, 0.3) is 0 Å². The highest BCUT2D eigenvalue weighted by Gasteiger charge is 2.21. The minimum absolute atomic E-state index is 0.197. The second kappa shape index (κ2) is 9.27. The molecular weight excluding hydrogens is 376 g/mol. The van der Waals surface area contributed by atoms with E-state index in [-0.39, 0.29) is 24.4 Å². The van der Waals surface area contributed by atoms with Gasteiger partial charge in [-0.15, -0.1) is 0 Å².